The van der Waals surface area contributed by atoms with Gasteiger partial charge in [-0.25, -0.2) is 0 Å². The first kappa shape index (κ1) is 21.4. The Balaban J connectivity index is 4.40. The average Bonchev–Trinajstić information content (AvgIpc) is 2.24. The zero-order valence-electron chi connectivity index (χ0n) is 16.1. The molecule has 0 spiro atoms. The van der Waals surface area contributed by atoms with Crippen molar-refractivity contribution in [1.82, 2.24) is 0 Å². The second-order valence-electron chi connectivity index (χ2n) is 9.14. The average molecular weight is 315 g/mol. The third-order valence-electron chi connectivity index (χ3n) is 4.54. The molecular weight excluding hydrogens is 278 g/mol. The molecule has 0 aromatic heterocycles. The van der Waals surface area contributed by atoms with Gasteiger partial charge in [0, 0.05) is 6.42 Å². The molecule has 4 heteroatoms. The molecule has 0 aromatic carbocycles. The fraction of sp³-hybridized carbons (Fsp3) is 0.944. The first-order valence-corrected chi connectivity index (χ1v) is 8.18. The van der Waals surface area contributed by atoms with Gasteiger partial charge < -0.3 is 15.2 Å². The lowest BCUT2D eigenvalue weighted by molar-refractivity contribution is -0.163. The first-order valence-electron chi connectivity index (χ1n) is 8.18. The van der Waals surface area contributed by atoms with Crippen LogP contribution in [0.3, 0.4) is 0 Å². The van der Waals surface area contributed by atoms with Gasteiger partial charge in [0.2, 0.25) is 0 Å². The smallest absolute Gasteiger partial charge is 0.306 e. The summed E-state index contributed by atoms with van der Waals surface area (Å²) in [5.41, 5.74) is 4.73. The molecule has 0 atom stereocenters. The third-order valence-corrected chi connectivity index (χ3v) is 4.54. The third kappa shape index (κ3) is 7.59. The molecule has 0 saturated heterocycles. The number of rotatable bonds is 8. The maximum atomic E-state index is 12.0. The van der Waals surface area contributed by atoms with Gasteiger partial charge in [-0.05, 0) is 45.1 Å². The maximum Gasteiger partial charge on any atom is 0.306 e. The molecule has 0 saturated carbocycles. The van der Waals surface area contributed by atoms with Crippen LogP contribution in [0, 0.1) is 10.8 Å². The lowest BCUT2D eigenvalue weighted by Gasteiger charge is -2.39. The van der Waals surface area contributed by atoms with Gasteiger partial charge >= 0.3 is 5.97 Å². The first-order chi connectivity index (χ1) is 9.62. The van der Waals surface area contributed by atoms with E-state index in [0.29, 0.717) is 26.0 Å². The fourth-order valence-electron chi connectivity index (χ4n) is 1.63. The van der Waals surface area contributed by atoms with Crippen molar-refractivity contribution in [3.63, 3.8) is 0 Å². The van der Waals surface area contributed by atoms with E-state index in [1.165, 1.54) is 0 Å². The number of ether oxygens (including phenoxy) is 2. The minimum absolute atomic E-state index is 0.0545. The van der Waals surface area contributed by atoms with E-state index in [9.17, 15) is 4.79 Å². The van der Waals surface area contributed by atoms with E-state index in [-0.39, 0.29) is 22.4 Å². The molecule has 132 valence electrons. The van der Waals surface area contributed by atoms with Crippen LogP contribution in [-0.4, -0.2) is 30.3 Å². The van der Waals surface area contributed by atoms with Crippen LogP contribution in [-0.2, 0) is 14.3 Å². The van der Waals surface area contributed by atoms with Gasteiger partial charge in [-0.2, -0.15) is 0 Å². The molecule has 0 fully saturated rings. The quantitative estimate of drug-likeness (QED) is 0.690. The van der Waals surface area contributed by atoms with Crippen molar-refractivity contribution in [3.05, 3.63) is 0 Å². The molecule has 0 aliphatic heterocycles. The summed E-state index contributed by atoms with van der Waals surface area (Å²) in [5, 5.41) is 0. The highest BCUT2D eigenvalue weighted by molar-refractivity contribution is 5.70. The normalized spacial score (nSPS) is 14.1. The molecule has 0 rings (SSSR count). The van der Waals surface area contributed by atoms with E-state index in [1.807, 2.05) is 27.7 Å². The highest BCUT2D eigenvalue weighted by Gasteiger charge is 2.34. The predicted octanol–water partition coefficient (Wildman–Crippen LogP) is 3.91. The summed E-state index contributed by atoms with van der Waals surface area (Å²) in [4.78, 5) is 12.0. The van der Waals surface area contributed by atoms with Crippen LogP contribution in [0.4, 0.5) is 0 Å². The van der Waals surface area contributed by atoms with Gasteiger partial charge in [0.1, 0.15) is 5.60 Å². The topological polar surface area (TPSA) is 61.6 Å². The molecule has 4 nitrogen and oxygen atoms in total. The van der Waals surface area contributed by atoms with Gasteiger partial charge in [-0.15, -0.1) is 0 Å². The Labute approximate surface area is 137 Å². The monoisotopic (exact) mass is 315 g/mol. The van der Waals surface area contributed by atoms with Gasteiger partial charge in [0.05, 0.1) is 18.6 Å². The Morgan fingerprint density at radius 3 is 1.86 bits per heavy atom. The van der Waals surface area contributed by atoms with E-state index in [1.54, 1.807) is 0 Å². The number of hydrogen-bond donors (Lipinski definition) is 1. The van der Waals surface area contributed by atoms with Crippen molar-refractivity contribution in [2.75, 3.05) is 13.2 Å². The summed E-state index contributed by atoms with van der Waals surface area (Å²) in [6, 6.07) is 0. The molecule has 0 aliphatic carbocycles. The van der Waals surface area contributed by atoms with Gasteiger partial charge in [-0.3, -0.25) is 4.79 Å². The van der Waals surface area contributed by atoms with Crippen LogP contribution < -0.4 is 5.73 Å². The van der Waals surface area contributed by atoms with Crippen LogP contribution in [0.5, 0.6) is 0 Å². The van der Waals surface area contributed by atoms with Crippen molar-refractivity contribution < 1.29 is 14.3 Å². The molecule has 0 unspecified atom stereocenters. The number of hydrogen-bond acceptors (Lipinski definition) is 4. The summed E-state index contributed by atoms with van der Waals surface area (Å²) in [6.07, 6.45) is 1.00. The molecule has 0 amide bonds. The van der Waals surface area contributed by atoms with Crippen molar-refractivity contribution in [2.45, 2.75) is 86.4 Å². The van der Waals surface area contributed by atoms with E-state index in [2.05, 4.69) is 34.6 Å². The zero-order valence-corrected chi connectivity index (χ0v) is 16.1. The Morgan fingerprint density at radius 2 is 1.45 bits per heavy atom. The standard InChI is InChI=1S/C18H37NO3/c1-15(2,3)18(8,9)21-11-10-17(6,7)22-14(20)12-16(4,5)13-19/h10-13,19H2,1-9H3. The summed E-state index contributed by atoms with van der Waals surface area (Å²) in [6.45, 7) is 19.5. The van der Waals surface area contributed by atoms with Crippen molar-refractivity contribution >= 4 is 5.97 Å². The minimum Gasteiger partial charge on any atom is -0.460 e. The highest BCUT2D eigenvalue weighted by atomic mass is 16.6. The molecule has 0 radical (unpaired) electrons. The van der Waals surface area contributed by atoms with E-state index < -0.39 is 5.60 Å². The Morgan fingerprint density at radius 1 is 0.955 bits per heavy atom. The SMILES string of the molecule is CC(C)(CN)CC(=O)OC(C)(C)CCOC(C)(C)C(C)(C)C. The van der Waals surface area contributed by atoms with Crippen molar-refractivity contribution in [2.24, 2.45) is 16.6 Å². The van der Waals surface area contributed by atoms with E-state index in [4.69, 9.17) is 15.2 Å². The number of carbonyl (C=O) groups excluding carboxylic acids is 1. The Bertz CT molecular complexity index is 365. The molecule has 2 N–H and O–H groups in total. The van der Waals surface area contributed by atoms with E-state index >= 15 is 0 Å². The second kappa shape index (κ2) is 7.31. The largest absolute Gasteiger partial charge is 0.460 e. The molecular formula is C18H37NO3. The minimum atomic E-state index is -0.532. The predicted molar refractivity (Wildman–Crippen MR) is 91.7 cm³/mol. The summed E-state index contributed by atoms with van der Waals surface area (Å²) >= 11 is 0. The van der Waals surface area contributed by atoms with Crippen LogP contribution >= 0.6 is 0 Å². The molecule has 0 aliphatic rings. The van der Waals surface area contributed by atoms with Crippen molar-refractivity contribution in [3.8, 4) is 0 Å². The summed E-state index contributed by atoms with van der Waals surface area (Å²) < 4.78 is 11.6. The van der Waals surface area contributed by atoms with Crippen molar-refractivity contribution in [1.29, 1.82) is 0 Å². The van der Waals surface area contributed by atoms with Gasteiger partial charge in [0.15, 0.2) is 0 Å². The molecule has 0 bridgehead atoms. The number of carbonyl (C=O) groups is 1. The van der Waals surface area contributed by atoms with Gasteiger partial charge in [0.25, 0.3) is 0 Å². The second-order valence-corrected chi connectivity index (χ2v) is 9.14. The summed E-state index contributed by atoms with van der Waals surface area (Å²) in [7, 11) is 0. The number of esters is 1. The van der Waals surface area contributed by atoms with Crippen LogP contribution in [0.1, 0.15) is 75.2 Å². The lowest BCUT2D eigenvalue weighted by Crippen LogP contribution is -2.41. The molecule has 0 heterocycles. The van der Waals surface area contributed by atoms with Crippen LogP contribution in [0.25, 0.3) is 0 Å². The Kier molecular flexibility index (Phi) is 7.10. The lowest BCUT2D eigenvalue weighted by atomic mass is 9.79. The maximum absolute atomic E-state index is 12.0. The number of nitrogens with two attached hydrogens (primary N) is 1. The fourth-order valence-corrected chi connectivity index (χ4v) is 1.63. The van der Waals surface area contributed by atoms with Crippen LogP contribution in [0.15, 0.2) is 0 Å². The van der Waals surface area contributed by atoms with E-state index in [0.717, 1.165) is 0 Å². The highest BCUT2D eigenvalue weighted by Crippen LogP contribution is 2.33. The zero-order chi connectivity index (χ0) is 17.8. The van der Waals surface area contributed by atoms with Crippen LogP contribution in [0.2, 0.25) is 0 Å². The molecule has 0 aromatic rings. The summed E-state index contributed by atoms with van der Waals surface area (Å²) in [5.74, 6) is -0.199. The Hall–Kier alpha value is -0.610. The molecule has 22 heavy (non-hydrogen) atoms. The van der Waals surface area contributed by atoms with Gasteiger partial charge in [-0.1, -0.05) is 34.6 Å².